The number of esters is 1. The molecule has 0 spiro atoms. The highest BCUT2D eigenvalue weighted by molar-refractivity contribution is 6.12. The third kappa shape index (κ3) is 6.62. The highest BCUT2D eigenvalue weighted by Gasteiger charge is 2.32. The number of hydrogen-bond donors (Lipinski definition) is 0. The fraction of sp³-hybridized carbons (Fsp3) is 0.0294. The summed E-state index contributed by atoms with van der Waals surface area (Å²) < 4.78 is 11.3. The Morgan fingerprint density at radius 2 is 1.29 bits per heavy atom. The number of rotatable bonds is 9. The molecule has 2 amide bonds. The number of non-ortho nitro benzene ring substituents is 1. The van der Waals surface area contributed by atoms with Crippen LogP contribution in [0.2, 0.25) is 0 Å². The van der Waals surface area contributed by atoms with Gasteiger partial charge in [-0.2, -0.15) is 10.0 Å². The molecule has 5 aromatic rings. The van der Waals surface area contributed by atoms with Crippen LogP contribution in [0.15, 0.2) is 139 Å². The van der Waals surface area contributed by atoms with Crippen LogP contribution >= 0.6 is 0 Å². The van der Waals surface area contributed by atoms with E-state index in [9.17, 15) is 19.7 Å². The highest BCUT2D eigenvalue weighted by Crippen LogP contribution is 2.28. The summed E-state index contributed by atoms with van der Waals surface area (Å²) in [5.41, 5.74) is 7.20. The molecule has 1 aliphatic heterocycles. The first-order chi connectivity index (χ1) is 21.9. The van der Waals surface area contributed by atoms with Crippen molar-refractivity contribution in [3.05, 3.63) is 160 Å². The maximum atomic E-state index is 13.7. The van der Waals surface area contributed by atoms with Crippen LogP contribution in [-0.4, -0.2) is 22.8 Å². The Labute approximate surface area is 257 Å². The zero-order valence-corrected chi connectivity index (χ0v) is 23.6. The monoisotopic (exact) mass is 598 g/mol. The van der Waals surface area contributed by atoms with Crippen LogP contribution < -0.4 is 24.9 Å². The predicted molar refractivity (Wildman–Crippen MR) is 167 cm³/mol. The first-order valence-electron chi connectivity index (χ1n) is 13.8. The van der Waals surface area contributed by atoms with Crippen molar-refractivity contribution >= 4 is 34.9 Å². The summed E-state index contributed by atoms with van der Waals surface area (Å²) in [6.07, 6.45) is 0. The van der Waals surface area contributed by atoms with E-state index in [1.807, 2.05) is 60.7 Å². The quantitative estimate of drug-likeness (QED) is 0.0802. The molecular formula is C34H24N5O6. The van der Waals surface area contributed by atoms with Gasteiger partial charge < -0.3 is 9.47 Å². The van der Waals surface area contributed by atoms with Crippen LogP contribution in [0.4, 0.5) is 21.9 Å². The molecule has 1 aliphatic rings. The number of nitrogens with zero attached hydrogens (tertiary/aromatic N) is 5. The van der Waals surface area contributed by atoms with Gasteiger partial charge in [0.2, 0.25) is 0 Å². The summed E-state index contributed by atoms with van der Waals surface area (Å²) in [5.74, 6) is 0.483. The molecule has 6 rings (SSSR count). The van der Waals surface area contributed by atoms with Crippen LogP contribution in [0.1, 0.15) is 21.5 Å². The molecule has 0 saturated heterocycles. The third-order valence-corrected chi connectivity index (χ3v) is 6.72. The van der Waals surface area contributed by atoms with Gasteiger partial charge in [-0.3, -0.25) is 10.1 Å². The van der Waals surface area contributed by atoms with Gasteiger partial charge in [0.15, 0.2) is 5.84 Å². The van der Waals surface area contributed by atoms with E-state index in [4.69, 9.17) is 9.47 Å². The summed E-state index contributed by atoms with van der Waals surface area (Å²) in [6.45, 7) is 0.408. The van der Waals surface area contributed by atoms with Crippen LogP contribution in [0.3, 0.4) is 0 Å². The Hall–Kier alpha value is -6.49. The molecule has 0 unspecified atom stereocenters. The molecule has 11 heteroatoms. The summed E-state index contributed by atoms with van der Waals surface area (Å²) in [7, 11) is 0. The largest absolute Gasteiger partial charge is 0.489 e. The van der Waals surface area contributed by atoms with E-state index in [0.717, 1.165) is 5.56 Å². The molecule has 5 aromatic carbocycles. The lowest BCUT2D eigenvalue weighted by Crippen LogP contribution is -2.52. The van der Waals surface area contributed by atoms with Crippen molar-refractivity contribution < 1.29 is 24.0 Å². The van der Waals surface area contributed by atoms with Crippen molar-refractivity contribution in [3.8, 4) is 11.5 Å². The molecule has 0 fully saturated rings. The smallest absolute Gasteiger partial charge is 0.370 e. The van der Waals surface area contributed by atoms with E-state index in [1.165, 1.54) is 46.4 Å². The molecular weight excluding hydrogens is 574 g/mol. The lowest BCUT2D eigenvalue weighted by molar-refractivity contribution is -0.384. The summed E-state index contributed by atoms with van der Waals surface area (Å²) >= 11 is 0. The van der Waals surface area contributed by atoms with Gasteiger partial charge in [-0.15, -0.1) is 10.5 Å². The number of benzene rings is 5. The number of nitro benzene ring substituents is 1. The van der Waals surface area contributed by atoms with E-state index >= 15 is 0 Å². The van der Waals surface area contributed by atoms with Gasteiger partial charge in [-0.25, -0.2) is 9.59 Å². The average Bonchev–Trinajstić information content (AvgIpc) is 3.09. The SMILES string of the molecule is O=C(Oc1ccc(N2[N]C(c3ccccc3)=NN(c3ccc(OCc4ccccc4)cc3)C2=O)cc1)c1ccc([N+](=O)[O-])cc1. The second kappa shape index (κ2) is 12.8. The lowest BCUT2D eigenvalue weighted by Gasteiger charge is -2.31. The third-order valence-electron chi connectivity index (χ3n) is 6.72. The minimum absolute atomic E-state index is 0.134. The fourth-order valence-electron chi connectivity index (χ4n) is 4.39. The molecule has 0 aliphatic carbocycles. The first-order valence-corrected chi connectivity index (χ1v) is 13.8. The van der Waals surface area contributed by atoms with Gasteiger partial charge in [0.1, 0.15) is 18.1 Å². The van der Waals surface area contributed by atoms with Gasteiger partial charge in [0, 0.05) is 17.7 Å². The molecule has 1 radical (unpaired) electrons. The molecule has 221 valence electrons. The molecule has 45 heavy (non-hydrogen) atoms. The van der Waals surface area contributed by atoms with Crippen LogP contribution in [0, 0.1) is 10.1 Å². The Bertz CT molecular complexity index is 1850. The standard InChI is InChI=1S/C34H24N5O6/c40-33(26-11-13-29(14-12-26)39(42)43)45-31-21-17-28(18-22-31)38-34(41)37(35-32(36-38)25-9-5-2-6-10-25)27-15-19-30(20-16-27)44-23-24-7-3-1-4-8-24/h1-22H,23H2. The number of carbonyl (C=O) groups excluding carboxylic acids is 2. The lowest BCUT2D eigenvalue weighted by atomic mass is 10.2. The molecule has 0 bridgehead atoms. The molecule has 1 heterocycles. The fourth-order valence-corrected chi connectivity index (χ4v) is 4.39. The second-order valence-corrected chi connectivity index (χ2v) is 9.75. The predicted octanol–water partition coefficient (Wildman–Crippen LogP) is 6.72. The van der Waals surface area contributed by atoms with Gasteiger partial charge >= 0.3 is 12.0 Å². The Morgan fingerprint density at radius 1 is 0.711 bits per heavy atom. The normalized spacial score (nSPS) is 12.6. The van der Waals surface area contributed by atoms with E-state index in [1.54, 1.807) is 36.4 Å². The molecule has 0 aromatic heterocycles. The summed E-state index contributed by atoms with van der Waals surface area (Å²) in [5, 5.41) is 17.9. The van der Waals surface area contributed by atoms with Crippen molar-refractivity contribution in [2.45, 2.75) is 6.61 Å². The maximum Gasteiger partial charge on any atom is 0.370 e. The van der Waals surface area contributed by atoms with E-state index in [2.05, 4.69) is 10.5 Å². The maximum absolute atomic E-state index is 13.7. The van der Waals surface area contributed by atoms with Gasteiger partial charge in [0.25, 0.3) is 5.69 Å². The van der Waals surface area contributed by atoms with Crippen molar-refractivity contribution in [2.24, 2.45) is 5.10 Å². The minimum Gasteiger partial charge on any atom is -0.489 e. The van der Waals surface area contributed by atoms with E-state index in [-0.39, 0.29) is 17.0 Å². The van der Waals surface area contributed by atoms with E-state index in [0.29, 0.717) is 35.1 Å². The molecule has 11 nitrogen and oxygen atoms in total. The molecule has 0 atom stereocenters. The number of amides is 2. The van der Waals surface area contributed by atoms with Crippen LogP contribution in [-0.2, 0) is 6.61 Å². The van der Waals surface area contributed by atoms with Crippen LogP contribution in [0.5, 0.6) is 11.5 Å². The number of carbonyl (C=O) groups is 2. The highest BCUT2D eigenvalue weighted by atomic mass is 16.6. The minimum atomic E-state index is -0.683. The van der Waals surface area contributed by atoms with Gasteiger partial charge in [0.05, 0.1) is 21.9 Å². The van der Waals surface area contributed by atoms with Crippen molar-refractivity contribution in [3.63, 3.8) is 0 Å². The van der Waals surface area contributed by atoms with Crippen molar-refractivity contribution in [1.82, 2.24) is 5.43 Å². The first kappa shape index (κ1) is 28.6. The average molecular weight is 599 g/mol. The number of nitro groups is 1. The number of hydrazone groups is 1. The van der Waals surface area contributed by atoms with Crippen LogP contribution in [0.25, 0.3) is 0 Å². The zero-order chi connectivity index (χ0) is 31.2. The summed E-state index contributed by atoms with van der Waals surface area (Å²) in [4.78, 5) is 36.6. The Balaban J connectivity index is 1.21. The van der Waals surface area contributed by atoms with Gasteiger partial charge in [-0.05, 0) is 66.2 Å². The topological polar surface area (TPSA) is 129 Å². The Kier molecular flexibility index (Phi) is 8.14. The van der Waals surface area contributed by atoms with Crippen molar-refractivity contribution in [1.29, 1.82) is 0 Å². The molecule has 0 N–H and O–H groups in total. The second-order valence-electron chi connectivity index (χ2n) is 9.75. The number of urea groups is 1. The van der Waals surface area contributed by atoms with E-state index < -0.39 is 16.9 Å². The Morgan fingerprint density at radius 3 is 1.91 bits per heavy atom. The van der Waals surface area contributed by atoms with Gasteiger partial charge in [-0.1, -0.05) is 60.7 Å². The number of anilines is 2. The zero-order valence-electron chi connectivity index (χ0n) is 23.6. The number of hydrogen-bond acceptors (Lipinski definition) is 7. The molecule has 0 saturated carbocycles. The van der Waals surface area contributed by atoms with Crippen molar-refractivity contribution in [2.75, 3.05) is 10.0 Å². The number of amidine groups is 1. The number of ether oxygens (including phenoxy) is 2. The summed E-state index contributed by atoms with van der Waals surface area (Å²) in [6, 6.07) is 36.9.